The molecule has 1 aromatic rings. The summed E-state index contributed by atoms with van der Waals surface area (Å²) in [5.41, 5.74) is 0.515. The van der Waals surface area contributed by atoms with Gasteiger partial charge in [-0.25, -0.2) is 4.79 Å². The first-order valence-corrected chi connectivity index (χ1v) is 5.59. The molecule has 1 rings (SSSR count). The number of aldehydes is 1. The third kappa shape index (κ3) is 3.90. The predicted molar refractivity (Wildman–Crippen MR) is 63.2 cm³/mol. The standard InChI is InChI=1S/C13H16O4/c1-3-12(13(15)16-4-2)17-11-7-5-6-10(8-11)9-14/h5-9,12H,3-4H2,1-2H3. The fraction of sp³-hybridized carbons (Fsp3) is 0.385. The molecule has 0 aromatic heterocycles. The molecule has 0 N–H and O–H groups in total. The van der Waals surface area contributed by atoms with Crippen LogP contribution in [0.25, 0.3) is 0 Å². The van der Waals surface area contributed by atoms with Gasteiger partial charge in [0.05, 0.1) is 6.61 Å². The molecule has 0 heterocycles. The van der Waals surface area contributed by atoms with Crippen LogP contribution in [0.4, 0.5) is 0 Å². The van der Waals surface area contributed by atoms with Gasteiger partial charge in [0.2, 0.25) is 0 Å². The van der Waals surface area contributed by atoms with Gasteiger partial charge in [-0.1, -0.05) is 19.1 Å². The van der Waals surface area contributed by atoms with Crippen molar-refractivity contribution in [1.82, 2.24) is 0 Å². The van der Waals surface area contributed by atoms with E-state index in [9.17, 15) is 9.59 Å². The lowest BCUT2D eigenvalue weighted by atomic mass is 10.2. The maximum atomic E-state index is 11.5. The summed E-state index contributed by atoms with van der Waals surface area (Å²) in [5.74, 6) is 0.112. The van der Waals surface area contributed by atoms with E-state index in [1.54, 1.807) is 31.2 Å². The summed E-state index contributed by atoms with van der Waals surface area (Å²) in [7, 11) is 0. The van der Waals surface area contributed by atoms with Crippen molar-refractivity contribution in [3.63, 3.8) is 0 Å². The van der Waals surface area contributed by atoms with E-state index in [0.717, 1.165) is 6.29 Å². The molecule has 0 bridgehead atoms. The van der Waals surface area contributed by atoms with Crippen molar-refractivity contribution < 1.29 is 19.1 Å². The molecule has 1 atom stereocenters. The molecule has 92 valence electrons. The Hall–Kier alpha value is -1.84. The molecule has 0 spiro atoms. The summed E-state index contributed by atoms with van der Waals surface area (Å²) in [6.07, 6.45) is 0.624. The first kappa shape index (κ1) is 13.2. The second-order valence-corrected chi connectivity index (χ2v) is 3.46. The molecule has 4 heteroatoms. The second kappa shape index (κ2) is 6.68. The summed E-state index contributed by atoms with van der Waals surface area (Å²) >= 11 is 0. The van der Waals surface area contributed by atoms with Crippen LogP contribution >= 0.6 is 0 Å². The highest BCUT2D eigenvalue weighted by Gasteiger charge is 2.19. The summed E-state index contributed by atoms with van der Waals surface area (Å²) in [6, 6.07) is 6.67. The topological polar surface area (TPSA) is 52.6 Å². The first-order valence-electron chi connectivity index (χ1n) is 5.59. The van der Waals surface area contributed by atoms with Crippen LogP contribution in [-0.2, 0) is 9.53 Å². The molecule has 1 unspecified atom stereocenters. The molecular formula is C13H16O4. The van der Waals surface area contributed by atoms with E-state index in [4.69, 9.17) is 9.47 Å². The molecule has 0 saturated heterocycles. The van der Waals surface area contributed by atoms with Crippen molar-refractivity contribution in [3.8, 4) is 5.75 Å². The molecule has 4 nitrogen and oxygen atoms in total. The van der Waals surface area contributed by atoms with Crippen LogP contribution in [0.15, 0.2) is 24.3 Å². The fourth-order valence-corrected chi connectivity index (χ4v) is 1.36. The number of carbonyl (C=O) groups is 2. The lowest BCUT2D eigenvalue weighted by Gasteiger charge is -2.16. The first-order chi connectivity index (χ1) is 8.21. The Kier molecular flexibility index (Phi) is 5.20. The zero-order chi connectivity index (χ0) is 12.7. The summed E-state index contributed by atoms with van der Waals surface area (Å²) in [6.45, 7) is 3.91. The minimum atomic E-state index is -0.628. The molecule has 0 aliphatic rings. The SMILES string of the molecule is CCOC(=O)C(CC)Oc1cccc(C=O)c1. The monoisotopic (exact) mass is 236 g/mol. The Bertz CT molecular complexity index is 387. The van der Waals surface area contributed by atoms with Gasteiger partial charge in [0.25, 0.3) is 0 Å². The Morgan fingerprint density at radius 2 is 2.18 bits per heavy atom. The Balaban J connectivity index is 2.72. The van der Waals surface area contributed by atoms with Crippen LogP contribution in [0.3, 0.4) is 0 Å². The minimum absolute atomic E-state index is 0.326. The van der Waals surface area contributed by atoms with E-state index in [1.807, 2.05) is 6.92 Å². The van der Waals surface area contributed by atoms with Crippen molar-refractivity contribution >= 4 is 12.3 Å². The minimum Gasteiger partial charge on any atom is -0.479 e. The molecule has 0 fully saturated rings. The lowest BCUT2D eigenvalue weighted by molar-refractivity contribution is -0.151. The maximum absolute atomic E-state index is 11.5. The van der Waals surface area contributed by atoms with Gasteiger partial charge >= 0.3 is 5.97 Å². The summed E-state index contributed by atoms with van der Waals surface area (Å²) in [4.78, 5) is 22.1. The molecule has 0 aliphatic heterocycles. The van der Waals surface area contributed by atoms with Crippen LogP contribution in [-0.4, -0.2) is 25.0 Å². The Labute approximate surface area is 101 Å². The Morgan fingerprint density at radius 3 is 2.76 bits per heavy atom. The van der Waals surface area contributed by atoms with E-state index in [0.29, 0.717) is 24.3 Å². The zero-order valence-electron chi connectivity index (χ0n) is 10.0. The molecule has 0 amide bonds. The van der Waals surface area contributed by atoms with Gasteiger partial charge in [-0.2, -0.15) is 0 Å². The molecule has 0 radical (unpaired) electrons. The highest BCUT2D eigenvalue weighted by Crippen LogP contribution is 2.15. The number of benzene rings is 1. The highest BCUT2D eigenvalue weighted by molar-refractivity contribution is 5.76. The number of carbonyl (C=O) groups excluding carboxylic acids is 2. The molecule has 0 aliphatic carbocycles. The smallest absolute Gasteiger partial charge is 0.347 e. The number of hydrogen-bond acceptors (Lipinski definition) is 4. The van der Waals surface area contributed by atoms with Gasteiger partial charge < -0.3 is 9.47 Å². The predicted octanol–water partition coefficient (Wildman–Crippen LogP) is 2.22. The molecule has 17 heavy (non-hydrogen) atoms. The van der Waals surface area contributed by atoms with Crippen molar-refractivity contribution in [1.29, 1.82) is 0 Å². The van der Waals surface area contributed by atoms with Gasteiger partial charge in [-0.05, 0) is 25.5 Å². The zero-order valence-corrected chi connectivity index (χ0v) is 10.0. The maximum Gasteiger partial charge on any atom is 0.347 e. The van der Waals surface area contributed by atoms with E-state index in [1.165, 1.54) is 0 Å². The number of ether oxygens (including phenoxy) is 2. The number of rotatable bonds is 6. The van der Waals surface area contributed by atoms with Gasteiger partial charge in [0, 0.05) is 5.56 Å². The lowest BCUT2D eigenvalue weighted by Crippen LogP contribution is -2.28. The third-order valence-electron chi connectivity index (χ3n) is 2.19. The Morgan fingerprint density at radius 1 is 1.41 bits per heavy atom. The van der Waals surface area contributed by atoms with Crippen LogP contribution in [0.1, 0.15) is 30.6 Å². The average Bonchev–Trinajstić information content (AvgIpc) is 2.36. The summed E-state index contributed by atoms with van der Waals surface area (Å²) in [5, 5.41) is 0. The van der Waals surface area contributed by atoms with Crippen LogP contribution < -0.4 is 4.74 Å². The normalized spacial score (nSPS) is 11.6. The number of esters is 1. The van der Waals surface area contributed by atoms with Gasteiger partial charge in [0.15, 0.2) is 6.10 Å². The van der Waals surface area contributed by atoms with Crippen molar-refractivity contribution in [3.05, 3.63) is 29.8 Å². The van der Waals surface area contributed by atoms with Crippen LogP contribution in [0.5, 0.6) is 5.75 Å². The fourth-order valence-electron chi connectivity index (χ4n) is 1.36. The van der Waals surface area contributed by atoms with Crippen LogP contribution in [0, 0.1) is 0 Å². The van der Waals surface area contributed by atoms with Gasteiger partial charge in [-0.15, -0.1) is 0 Å². The third-order valence-corrected chi connectivity index (χ3v) is 2.19. The van der Waals surface area contributed by atoms with Gasteiger partial charge in [-0.3, -0.25) is 4.79 Å². The second-order valence-electron chi connectivity index (χ2n) is 3.46. The highest BCUT2D eigenvalue weighted by atomic mass is 16.6. The number of hydrogen-bond donors (Lipinski definition) is 0. The molecular weight excluding hydrogens is 220 g/mol. The summed E-state index contributed by atoms with van der Waals surface area (Å²) < 4.78 is 10.4. The van der Waals surface area contributed by atoms with E-state index in [2.05, 4.69) is 0 Å². The quantitative estimate of drug-likeness (QED) is 0.561. The largest absolute Gasteiger partial charge is 0.479 e. The van der Waals surface area contributed by atoms with E-state index >= 15 is 0 Å². The van der Waals surface area contributed by atoms with Crippen molar-refractivity contribution in [2.75, 3.05) is 6.61 Å². The molecule has 1 aromatic carbocycles. The van der Waals surface area contributed by atoms with Crippen LogP contribution in [0.2, 0.25) is 0 Å². The van der Waals surface area contributed by atoms with Crippen molar-refractivity contribution in [2.24, 2.45) is 0 Å². The molecule has 0 saturated carbocycles. The van der Waals surface area contributed by atoms with Gasteiger partial charge in [0.1, 0.15) is 12.0 Å². The average molecular weight is 236 g/mol. The van der Waals surface area contributed by atoms with E-state index < -0.39 is 6.10 Å². The van der Waals surface area contributed by atoms with E-state index in [-0.39, 0.29) is 5.97 Å². The van der Waals surface area contributed by atoms with Crippen molar-refractivity contribution in [2.45, 2.75) is 26.4 Å².